The summed E-state index contributed by atoms with van der Waals surface area (Å²) in [5.74, 6) is -1.72. The fourth-order valence-electron chi connectivity index (χ4n) is 2.63. The zero-order valence-corrected chi connectivity index (χ0v) is 18.1. The number of carbonyl (C=O) groups excluding carboxylic acids is 1. The Hall–Kier alpha value is -4.18. The zero-order chi connectivity index (χ0) is 24.3. The van der Waals surface area contributed by atoms with Crippen molar-refractivity contribution in [2.24, 2.45) is 0 Å². The van der Waals surface area contributed by atoms with Crippen LogP contribution in [0.2, 0.25) is 5.15 Å². The lowest BCUT2D eigenvalue weighted by atomic mass is 10.3. The van der Waals surface area contributed by atoms with Gasteiger partial charge in [0.25, 0.3) is 10.0 Å². The van der Waals surface area contributed by atoms with Crippen molar-refractivity contribution < 1.29 is 23.1 Å². The molecule has 0 unspecified atom stereocenters. The highest BCUT2D eigenvalue weighted by atomic mass is 35.5. The lowest BCUT2D eigenvalue weighted by Crippen LogP contribution is -2.20. The number of nitrogens with one attached hydrogen (secondary N) is 2. The first-order valence-electron chi connectivity index (χ1n) is 8.76. The smallest absolute Gasteiger partial charge is 0.358 e. The van der Waals surface area contributed by atoms with Crippen LogP contribution in [0.1, 0.15) is 5.69 Å². The molecular formula is C16H13ClN8O7S. The first-order chi connectivity index (χ1) is 15.5. The summed E-state index contributed by atoms with van der Waals surface area (Å²) in [6.45, 7) is 0.681. The van der Waals surface area contributed by atoms with Gasteiger partial charge < -0.3 is 15.4 Å². The fourth-order valence-corrected chi connectivity index (χ4v) is 3.73. The molecule has 33 heavy (non-hydrogen) atoms. The number of rotatable bonds is 8. The summed E-state index contributed by atoms with van der Waals surface area (Å²) in [6.07, 6.45) is 0. The lowest BCUT2D eigenvalue weighted by molar-refractivity contribution is -0.424. The molecule has 2 aromatic heterocycles. The fraction of sp³-hybridized carbons (Fsp3) is 0.125. The molecule has 0 saturated carbocycles. The third-order valence-electron chi connectivity index (χ3n) is 4.13. The Kier molecular flexibility index (Phi) is 6.50. The summed E-state index contributed by atoms with van der Waals surface area (Å²) in [5.41, 5.74) is -0.765. The van der Waals surface area contributed by atoms with Gasteiger partial charge in [0.15, 0.2) is 11.0 Å². The number of amides is 1. The van der Waals surface area contributed by atoms with E-state index in [1.807, 2.05) is 0 Å². The van der Waals surface area contributed by atoms with Crippen LogP contribution in [0.15, 0.2) is 41.3 Å². The van der Waals surface area contributed by atoms with Gasteiger partial charge in [-0.1, -0.05) is 11.6 Å². The van der Waals surface area contributed by atoms with Gasteiger partial charge in [-0.2, -0.15) is 4.68 Å². The number of benzene rings is 1. The summed E-state index contributed by atoms with van der Waals surface area (Å²) in [5, 5.41) is 35.2. The molecule has 0 aliphatic carbocycles. The first-order valence-corrected chi connectivity index (χ1v) is 10.6. The predicted octanol–water partition coefficient (Wildman–Crippen LogP) is 1.89. The van der Waals surface area contributed by atoms with E-state index in [-0.39, 0.29) is 27.2 Å². The van der Waals surface area contributed by atoms with Crippen LogP contribution in [0.4, 0.5) is 23.0 Å². The van der Waals surface area contributed by atoms with Gasteiger partial charge in [0.1, 0.15) is 12.2 Å². The number of nitrogens with zero attached hydrogens (tertiary/aromatic N) is 6. The highest BCUT2D eigenvalue weighted by Gasteiger charge is 2.35. The van der Waals surface area contributed by atoms with Crippen LogP contribution in [-0.2, 0) is 21.4 Å². The van der Waals surface area contributed by atoms with E-state index in [0.29, 0.717) is 0 Å². The molecule has 0 aliphatic rings. The lowest BCUT2D eigenvalue weighted by Gasteiger charge is -2.08. The minimum Gasteiger partial charge on any atom is -0.358 e. The largest absolute Gasteiger partial charge is 0.468 e. The van der Waals surface area contributed by atoms with Crippen LogP contribution in [0, 0.1) is 27.2 Å². The monoisotopic (exact) mass is 496 g/mol. The van der Waals surface area contributed by atoms with E-state index >= 15 is 0 Å². The average molecular weight is 497 g/mol. The molecule has 0 bridgehead atoms. The van der Waals surface area contributed by atoms with Gasteiger partial charge in [-0.25, -0.2) is 8.42 Å². The Bertz CT molecular complexity index is 1340. The van der Waals surface area contributed by atoms with E-state index < -0.39 is 43.8 Å². The number of hydrogen-bond acceptors (Lipinski definition) is 10. The van der Waals surface area contributed by atoms with E-state index in [9.17, 15) is 33.4 Å². The van der Waals surface area contributed by atoms with Crippen molar-refractivity contribution in [3.05, 3.63) is 67.5 Å². The second-order valence-corrected chi connectivity index (χ2v) is 8.42. The number of aromatic nitrogens is 4. The molecule has 0 fully saturated rings. The van der Waals surface area contributed by atoms with Crippen LogP contribution in [0.3, 0.4) is 0 Å². The summed E-state index contributed by atoms with van der Waals surface area (Å²) < 4.78 is 27.9. The van der Waals surface area contributed by atoms with Crippen LogP contribution in [-0.4, -0.2) is 44.1 Å². The molecule has 2 N–H and O–H groups in total. The highest BCUT2D eigenvalue weighted by molar-refractivity contribution is 7.92. The van der Waals surface area contributed by atoms with E-state index in [0.717, 1.165) is 4.68 Å². The van der Waals surface area contributed by atoms with Crippen molar-refractivity contribution in [2.75, 3.05) is 10.0 Å². The molecule has 0 saturated heterocycles. The minimum absolute atomic E-state index is 0.0467. The molecule has 3 rings (SSSR count). The van der Waals surface area contributed by atoms with E-state index in [4.69, 9.17) is 11.6 Å². The molecule has 1 aromatic carbocycles. The second kappa shape index (κ2) is 9.13. The molecule has 0 spiro atoms. The number of hydrogen-bond donors (Lipinski definition) is 2. The maximum Gasteiger partial charge on any atom is 0.468 e. The van der Waals surface area contributed by atoms with Gasteiger partial charge in [0.05, 0.1) is 14.9 Å². The SMILES string of the molecule is Cc1c([N+](=O)[O-])c([N+](=O)[O-])nn1CC(=O)Nc1ccc(S(=O)(=O)Nc2ccc(Cl)nn2)cc1. The average Bonchev–Trinajstić information content (AvgIpc) is 3.06. The van der Waals surface area contributed by atoms with Crippen LogP contribution < -0.4 is 10.0 Å². The number of carbonyl (C=O) groups is 1. The Labute approximate surface area is 189 Å². The standard InChI is InChI=1S/C16H13ClN8O7S/c1-9-15(24(27)28)16(25(29)30)21-23(9)8-14(26)18-10-2-4-11(5-3-10)33(31,32)22-13-7-6-12(17)19-20-13/h2-7H,8H2,1H3,(H,18,26)(H,20,22). The molecule has 0 atom stereocenters. The van der Waals surface area contributed by atoms with Crippen molar-refractivity contribution in [3.63, 3.8) is 0 Å². The normalized spacial score (nSPS) is 11.1. The molecule has 0 aliphatic heterocycles. The summed E-state index contributed by atoms with van der Waals surface area (Å²) >= 11 is 5.60. The predicted molar refractivity (Wildman–Crippen MR) is 113 cm³/mol. The highest BCUT2D eigenvalue weighted by Crippen LogP contribution is 2.29. The summed E-state index contributed by atoms with van der Waals surface area (Å²) in [7, 11) is -3.99. The van der Waals surface area contributed by atoms with Crippen molar-refractivity contribution in [3.8, 4) is 0 Å². The molecule has 1 amide bonds. The molecular weight excluding hydrogens is 484 g/mol. The molecule has 0 radical (unpaired) electrons. The van der Waals surface area contributed by atoms with Crippen LogP contribution in [0.5, 0.6) is 0 Å². The maximum absolute atomic E-state index is 12.4. The number of sulfonamides is 1. The van der Waals surface area contributed by atoms with Gasteiger partial charge in [-0.3, -0.25) is 19.6 Å². The summed E-state index contributed by atoms with van der Waals surface area (Å²) in [4.78, 5) is 32.2. The Balaban J connectivity index is 1.70. The Morgan fingerprint density at radius 2 is 1.76 bits per heavy atom. The van der Waals surface area contributed by atoms with Crippen molar-refractivity contribution in [1.29, 1.82) is 0 Å². The quantitative estimate of drug-likeness (QED) is 0.342. The van der Waals surface area contributed by atoms with E-state index in [2.05, 4.69) is 25.3 Å². The molecule has 17 heteroatoms. The summed E-state index contributed by atoms with van der Waals surface area (Å²) in [6, 6.07) is 7.73. The number of anilines is 2. The van der Waals surface area contributed by atoms with Crippen molar-refractivity contribution in [1.82, 2.24) is 20.0 Å². The number of nitro groups is 2. The molecule has 15 nitrogen and oxygen atoms in total. The molecule has 172 valence electrons. The van der Waals surface area contributed by atoms with Crippen LogP contribution in [0.25, 0.3) is 0 Å². The molecule has 2 heterocycles. The second-order valence-electron chi connectivity index (χ2n) is 6.35. The number of halogens is 1. The van der Waals surface area contributed by atoms with Gasteiger partial charge in [0.2, 0.25) is 5.91 Å². The topological polar surface area (TPSA) is 205 Å². The zero-order valence-electron chi connectivity index (χ0n) is 16.5. The van der Waals surface area contributed by atoms with E-state index in [1.54, 1.807) is 0 Å². The van der Waals surface area contributed by atoms with Gasteiger partial charge in [-0.05, 0) is 48.2 Å². The first kappa shape index (κ1) is 23.5. The van der Waals surface area contributed by atoms with Crippen molar-refractivity contribution in [2.45, 2.75) is 18.4 Å². The maximum atomic E-state index is 12.4. The third-order valence-corrected chi connectivity index (χ3v) is 5.70. The van der Waals surface area contributed by atoms with Gasteiger partial charge in [0, 0.05) is 5.69 Å². The van der Waals surface area contributed by atoms with Crippen LogP contribution >= 0.6 is 11.6 Å². The molecule has 3 aromatic rings. The minimum atomic E-state index is -3.99. The Morgan fingerprint density at radius 1 is 1.09 bits per heavy atom. The van der Waals surface area contributed by atoms with Crippen molar-refractivity contribution >= 4 is 50.5 Å². The van der Waals surface area contributed by atoms with Gasteiger partial charge in [-0.15, -0.1) is 10.2 Å². The third kappa shape index (κ3) is 5.36. The van der Waals surface area contributed by atoms with E-state index in [1.165, 1.54) is 43.3 Å². The Morgan fingerprint density at radius 3 is 2.27 bits per heavy atom. The van der Waals surface area contributed by atoms with Gasteiger partial charge >= 0.3 is 11.5 Å².